The number of anilines is 1. The number of rotatable bonds is 2. The number of aromatic nitrogens is 1. The van der Waals surface area contributed by atoms with E-state index in [2.05, 4.69) is 10.3 Å². The van der Waals surface area contributed by atoms with Crippen LogP contribution in [0.3, 0.4) is 0 Å². The van der Waals surface area contributed by atoms with Crippen molar-refractivity contribution in [3.63, 3.8) is 0 Å². The van der Waals surface area contributed by atoms with Gasteiger partial charge in [0.05, 0.1) is 0 Å². The molecule has 0 aliphatic carbocycles. The number of benzene rings is 1. The number of carbonyl (C=O) groups is 1. The number of aryl methyl sites for hydroxylation is 1. The summed E-state index contributed by atoms with van der Waals surface area (Å²) in [5.41, 5.74) is 1.73. The van der Waals surface area contributed by atoms with Gasteiger partial charge in [-0.2, -0.15) is 0 Å². The number of hydrogen-bond acceptors (Lipinski definition) is 3. The number of amides is 1. The van der Waals surface area contributed by atoms with Crippen LogP contribution >= 0.6 is 0 Å². The summed E-state index contributed by atoms with van der Waals surface area (Å²) < 4.78 is 5.08. The zero-order valence-electron chi connectivity index (χ0n) is 9.38. The first-order valence-corrected chi connectivity index (χ1v) is 5.20. The quantitative estimate of drug-likeness (QED) is 0.859. The molecule has 1 amide bonds. The molecule has 1 heterocycles. The summed E-state index contributed by atoms with van der Waals surface area (Å²) in [6.45, 7) is 1.92. The van der Waals surface area contributed by atoms with E-state index < -0.39 is 6.09 Å². The fraction of sp³-hybridized carbons (Fsp3) is 0.0769. The van der Waals surface area contributed by atoms with Crippen molar-refractivity contribution in [3.8, 4) is 5.75 Å². The Kier molecular flexibility index (Phi) is 3.35. The van der Waals surface area contributed by atoms with Crippen LogP contribution in [-0.4, -0.2) is 11.1 Å². The van der Waals surface area contributed by atoms with Gasteiger partial charge in [-0.1, -0.05) is 18.2 Å². The van der Waals surface area contributed by atoms with Gasteiger partial charge in [0.25, 0.3) is 0 Å². The zero-order chi connectivity index (χ0) is 12.1. The number of carbonyl (C=O) groups excluding carboxylic acids is 1. The van der Waals surface area contributed by atoms with Gasteiger partial charge in [0, 0.05) is 18.1 Å². The van der Waals surface area contributed by atoms with E-state index in [-0.39, 0.29) is 0 Å². The normalized spacial score (nSPS) is 9.71. The molecule has 0 aliphatic rings. The summed E-state index contributed by atoms with van der Waals surface area (Å²) in [5.74, 6) is 0.464. The van der Waals surface area contributed by atoms with Gasteiger partial charge in [-0.3, -0.25) is 10.3 Å². The third-order valence-corrected chi connectivity index (χ3v) is 2.24. The molecule has 1 aromatic heterocycles. The number of ether oxygens (including phenoxy) is 1. The second-order valence-electron chi connectivity index (χ2n) is 3.51. The van der Waals surface area contributed by atoms with Gasteiger partial charge in [0.15, 0.2) is 0 Å². The van der Waals surface area contributed by atoms with Crippen molar-refractivity contribution in [2.75, 3.05) is 5.32 Å². The lowest BCUT2D eigenvalue weighted by molar-refractivity contribution is 0.215. The highest BCUT2D eigenvalue weighted by molar-refractivity contribution is 5.87. The van der Waals surface area contributed by atoms with Crippen LogP contribution in [0.25, 0.3) is 0 Å². The van der Waals surface area contributed by atoms with Crippen LogP contribution in [0, 0.1) is 6.92 Å². The molecule has 0 aliphatic heterocycles. The van der Waals surface area contributed by atoms with E-state index in [0.717, 1.165) is 11.3 Å². The van der Waals surface area contributed by atoms with E-state index in [9.17, 15) is 4.79 Å². The number of para-hydroxylation sites is 1. The molecular weight excluding hydrogens is 216 g/mol. The fourth-order valence-electron chi connectivity index (χ4n) is 1.36. The van der Waals surface area contributed by atoms with Crippen molar-refractivity contribution in [1.82, 2.24) is 4.98 Å². The van der Waals surface area contributed by atoms with Crippen molar-refractivity contribution < 1.29 is 9.53 Å². The first-order chi connectivity index (χ1) is 8.25. The van der Waals surface area contributed by atoms with Crippen LogP contribution in [0.2, 0.25) is 0 Å². The largest absolute Gasteiger partial charge is 0.417 e. The molecule has 17 heavy (non-hydrogen) atoms. The topological polar surface area (TPSA) is 51.2 Å². The smallest absolute Gasteiger partial charge is 0.410 e. The van der Waals surface area contributed by atoms with E-state index in [1.54, 1.807) is 24.5 Å². The summed E-state index contributed by atoms with van der Waals surface area (Å²) in [5, 5.41) is 2.68. The van der Waals surface area contributed by atoms with Gasteiger partial charge in [0.2, 0.25) is 0 Å². The van der Waals surface area contributed by atoms with Gasteiger partial charge >= 0.3 is 6.09 Å². The monoisotopic (exact) mass is 228 g/mol. The highest BCUT2D eigenvalue weighted by atomic mass is 16.6. The van der Waals surface area contributed by atoms with Gasteiger partial charge < -0.3 is 4.74 Å². The number of pyridine rings is 1. The van der Waals surface area contributed by atoms with Crippen molar-refractivity contribution in [2.45, 2.75) is 6.92 Å². The molecule has 0 fully saturated rings. The summed E-state index contributed by atoms with van der Waals surface area (Å²) in [7, 11) is 0. The Balaban J connectivity index is 2.01. The van der Waals surface area contributed by atoms with Crippen molar-refractivity contribution in [3.05, 3.63) is 54.4 Å². The third-order valence-electron chi connectivity index (χ3n) is 2.24. The lowest BCUT2D eigenvalue weighted by atomic mass is 10.2. The molecule has 2 rings (SSSR count). The average Bonchev–Trinajstić information content (AvgIpc) is 2.33. The van der Waals surface area contributed by atoms with Gasteiger partial charge in [0.1, 0.15) is 5.75 Å². The number of nitrogens with one attached hydrogen (secondary N) is 1. The number of hydrogen-bond donors (Lipinski definition) is 1. The lowest BCUT2D eigenvalue weighted by Crippen LogP contribution is -2.17. The van der Waals surface area contributed by atoms with Gasteiger partial charge in [-0.05, 0) is 30.7 Å². The van der Waals surface area contributed by atoms with E-state index in [1.807, 2.05) is 31.2 Å². The first kappa shape index (κ1) is 11.1. The van der Waals surface area contributed by atoms with Crippen LogP contribution in [0.5, 0.6) is 5.75 Å². The summed E-state index contributed by atoms with van der Waals surface area (Å²) >= 11 is 0. The molecule has 0 spiro atoms. The second kappa shape index (κ2) is 5.12. The van der Waals surface area contributed by atoms with E-state index in [0.29, 0.717) is 5.75 Å². The molecule has 0 saturated carbocycles. The predicted octanol–water partition coefficient (Wildman–Crippen LogP) is 3.00. The summed E-state index contributed by atoms with van der Waals surface area (Å²) in [6.07, 6.45) is 2.62. The highest BCUT2D eigenvalue weighted by Gasteiger charge is 2.05. The van der Waals surface area contributed by atoms with Crippen LogP contribution in [-0.2, 0) is 0 Å². The van der Waals surface area contributed by atoms with Crippen molar-refractivity contribution in [2.24, 2.45) is 0 Å². The van der Waals surface area contributed by atoms with Crippen LogP contribution in [0.15, 0.2) is 48.8 Å². The molecule has 0 bridgehead atoms. The maximum absolute atomic E-state index is 11.6. The maximum Gasteiger partial charge on any atom is 0.417 e. The minimum Gasteiger partial charge on any atom is -0.410 e. The standard InChI is InChI=1S/C13H12N2O2/c1-10-4-2-3-5-12(10)15-13(16)17-11-6-8-14-9-7-11/h2-9H,1H3,(H,15,16). The Morgan fingerprint density at radius 3 is 2.59 bits per heavy atom. The van der Waals surface area contributed by atoms with Crippen LogP contribution in [0.1, 0.15) is 5.56 Å². The van der Waals surface area contributed by atoms with Gasteiger partial charge in [-0.25, -0.2) is 4.79 Å². The minimum absolute atomic E-state index is 0.464. The molecule has 1 aromatic carbocycles. The predicted molar refractivity (Wildman–Crippen MR) is 65.1 cm³/mol. The van der Waals surface area contributed by atoms with E-state index in [1.165, 1.54) is 0 Å². The average molecular weight is 228 g/mol. The molecular formula is C13H12N2O2. The molecule has 0 unspecified atom stereocenters. The Bertz CT molecular complexity index is 512. The molecule has 0 radical (unpaired) electrons. The summed E-state index contributed by atoms with van der Waals surface area (Å²) in [4.78, 5) is 15.4. The second-order valence-corrected chi connectivity index (χ2v) is 3.51. The Morgan fingerprint density at radius 1 is 1.18 bits per heavy atom. The zero-order valence-corrected chi connectivity index (χ0v) is 9.38. The first-order valence-electron chi connectivity index (χ1n) is 5.20. The lowest BCUT2D eigenvalue weighted by Gasteiger charge is -2.08. The molecule has 0 saturated heterocycles. The number of nitrogens with zero attached hydrogens (tertiary/aromatic N) is 1. The molecule has 1 N–H and O–H groups in total. The highest BCUT2D eigenvalue weighted by Crippen LogP contribution is 2.14. The van der Waals surface area contributed by atoms with Crippen LogP contribution < -0.4 is 10.1 Å². The van der Waals surface area contributed by atoms with Crippen LogP contribution in [0.4, 0.5) is 10.5 Å². The molecule has 2 aromatic rings. The van der Waals surface area contributed by atoms with Gasteiger partial charge in [-0.15, -0.1) is 0 Å². The molecule has 86 valence electrons. The summed E-state index contributed by atoms with van der Waals surface area (Å²) in [6, 6.07) is 10.8. The van der Waals surface area contributed by atoms with E-state index >= 15 is 0 Å². The maximum atomic E-state index is 11.6. The van der Waals surface area contributed by atoms with E-state index in [4.69, 9.17) is 4.74 Å². The minimum atomic E-state index is -0.509. The Hall–Kier alpha value is -2.36. The Morgan fingerprint density at radius 2 is 1.88 bits per heavy atom. The SMILES string of the molecule is Cc1ccccc1NC(=O)Oc1ccncc1. The van der Waals surface area contributed by atoms with Crippen molar-refractivity contribution >= 4 is 11.8 Å². The Labute approximate surface area is 99.3 Å². The third kappa shape index (κ3) is 3.04. The molecule has 4 heteroatoms. The molecule has 4 nitrogen and oxygen atoms in total. The molecule has 0 atom stereocenters. The fourth-order valence-corrected chi connectivity index (χ4v) is 1.36. The van der Waals surface area contributed by atoms with Crippen molar-refractivity contribution in [1.29, 1.82) is 0 Å².